The Hall–Kier alpha value is -3.74. The Bertz CT molecular complexity index is 1190. The van der Waals surface area contributed by atoms with Crippen molar-refractivity contribution in [2.45, 2.75) is 19.5 Å². The summed E-state index contributed by atoms with van der Waals surface area (Å²) in [5.41, 5.74) is 2.95. The topological polar surface area (TPSA) is 92.4 Å². The van der Waals surface area contributed by atoms with Crippen LogP contribution in [0.4, 0.5) is 0 Å². The molecule has 1 aliphatic rings. The number of carbonyl (C=O) groups is 1. The number of carbonyl (C=O) groups excluding carboxylic acids is 1. The third-order valence-corrected chi connectivity index (χ3v) is 5.34. The molecule has 0 saturated heterocycles. The lowest BCUT2D eigenvalue weighted by molar-refractivity contribution is -0.126. The number of aromatic nitrogens is 2. The molecule has 1 amide bonds. The molecule has 0 spiro atoms. The van der Waals surface area contributed by atoms with Gasteiger partial charge in [-0.15, -0.1) is 0 Å². The van der Waals surface area contributed by atoms with Gasteiger partial charge in [0.1, 0.15) is 5.75 Å². The maximum absolute atomic E-state index is 12.7. The van der Waals surface area contributed by atoms with E-state index in [1.807, 2.05) is 37.4 Å². The number of pyridine rings is 1. The minimum Gasteiger partial charge on any atom is -0.507 e. The van der Waals surface area contributed by atoms with Gasteiger partial charge < -0.3 is 24.9 Å². The number of H-pyrrole nitrogens is 2. The zero-order valence-electron chi connectivity index (χ0n) is 16.2. The van der Waals surface area contributed by atoms with Crippen LogP contribution in [0.5, 0.6) is 5.75 Å². The minimum atomic E-state index is -0.349. The first-order chi connectivity index (χ1) is 13.9. The first kappa shape index (κ1) is 18.6. The Balaban J connectivity index is 1.48. The largest absolute Gasteiger partial charge is 0.507 e. The van der Waals surface area contributed by atoms with Gasteiger partial charge in [-0.05, 0) is 24.6 Å². The van der Waals surface area contributed by atoms with Crippen molar-refractivity contribution in [2.24, 2.45) is 0 Å². The van der Waals surface area contributed by atoms with Gasteiger partial charge in [0.15, 0.2) is 0 Å². The highest BCUT2D eigenvalue weighted by Gasteiger charge is 2.19. The SMILES string of the molecule is CC(c1c[nH]c2ccccc12)N(C)C(=O)C=CN1C=Cc2[nH]c(=O)cc(O)c2C1. The smallest absolute Gasteiger partial charge is 0.252 e. The van der Waals surface area contributed by atoms with Gasteiger partial charge in [-0.1, -0.05) is 18.2 Å². The zero-order valence-corrected chi connectivity index (χ0v) is 16.2. The molecule has 3 heterocycles. The van der Waals surface area contributed by atoms with Crippen LogP contribution < -0.4 is 5.56 Å². The first-order valence-corrected chi connectivity index (χ1v) is 9.34. The second-order valence-corrected chi connectivity index (χ2v) is 7.13. The summed E-state index contributed by atoms with van der Waals surface area (Å²) in [5, 5.41) is 11.1. The number of benzene rings is 1. The molecule has 29 heavy (non-hydrogen) atoms. The molecule has 2 aromatic heterocycles. The van der Waals surface area contributed by atoms with Crippen molar-refractivity contribution in [1.29, 1.82) is 0 Å². The molecule has 1 aliphatic heterocycles. The van der Waals surface area contributed by atoms with Crippen LogP contribution in [0.15, 0.2) is 59.8 Å². The van der Waals surface area contributed by atoms with Crippen molar-refractivity contribution in [3.05, 3.63) is 82.2 Å². The van der Waals surface area contributed by atoms with Crippen LogP contribution in [-0.2, 0) is 11.3 Å². The molecule has 0 aliphatic carbocycles. The molecule has 7 nitrogen and oxygen atoms in total. The Morgan fingerprint density at radius 2 is 2.14 bits per heavy atom. The maximum Gasteiger partial charge on any atom is 0.252 e. The van der Waals surface area contributed by atoms with Crippen LogP contribution in [0.3, 0.4) is 0 Å². The van der Waals surface area contributed by atoms with Crippen LogP contribution >= 0.6 is 0 Å². The standard InChI is InChI=1S/C22H22N4O3/c1-14(16-12-23-18-6-4-3-5-15(16)18)25(2)22(29)8-10-26-9-7-19-17(13-26)20(27)11-21(28)24-19/h3-12,14,23H,13H2,1-2H3,(H2,24,27,28). The molecule has 148 valence electrons. The minimum absolute atomic E-state index is 0.0529. The van der Waals surface area contributed by atoms with Crippen molar-refractivity contribution >= 4 is 22.9 Å². The average molecular weight is 390 g/mol. The highest BCUT2D eigenvalue weighted by molar-refractivity contribution is 5.89. The number of aromatic hydroxyl groups is 1. The number of rotatable bonds is 4. The summed E-state index contributed by atoms with van der Waals surface area (Å²) in [6.07, 6.45) is 8.57. The number of fused-ring (bicyclic) bond motifs is 2. The summed E-state index contributed by atoms with van der Waals surface area (Å²) in [4.78, 5) is 33.5. The molecular weight excluding hydrogens is 368 g/mol. The van der Waals surface area contributed by atoms with Crippen LogP contribution in [0, 0.1) is 0 Å². The number of nitrogens with one attached hydrogen (secondary N) is 2. The first-order valence-electron chi connectivity index (χ1n) is 9.34. The van der Waals surface area contributed by atoms with Crippen LogP contribution in [-0.4, -0.2) is 37.8 Å². The molecular formula is C22H22N4O3. The van der Waals surface area contributed by atoms with Crippen molar-refractivity contribution < 1.29 is 9.90 Å². The fourth-order valence-corrected chi connectivity index (χ4v) is 3.53. The number of para-hydroxylation sites is 1. The van der Waals surface area contributed by atoms with E-state index in [0.29, 0.717) is 17.8 Å². The number of nitrogens with zero attached hydrogens (tertiary/aromatic N) is 2. The lowest BCUT2D eigenvalue weighted by atomic mass is 10.1. The van der Waals surface area contributed by atoms with Crippen LogP contribution in [0.25, 0.3) is 17.0 Å². The molecule has 3 aromatic rings. The molecule has 1 atom stereocenters. The predicted molar refractivity (Wildman–Crippen MR) is 112 cm³/mol. The van der Waals surface area contributed by atoms with E-state index >= 15 is 0 Å². The van der Waals surface area contributed by atoms with Crippen molar-refractivity contribution in [2.75, 3.05) is 7.05 Å². The summed E-state index contributed by atoms with van der Waals surface area (Å²) >= 11 is 0. The van der Waals surface area contributed by atoms with E-state index in [2.05, 4.69) is 9.97 Å². The number of likely N-dealkylation sites (N-methyl/N-ethyl adjacent to an activating group) is 1. The maximum atomic E-state index is 12.7. The number of hydrogen-bond acceptors (Lipinski definition) is 4. The molecule has 0 fully saturated rings. The molecule has 3 N–H and O–H groups in total. The molecule has 0 radical (unpaired) electrons. The molecule has 0 bridgehead atoms. The van der Waals surface area contributed by atoms with Crippen molar-refractivity contribution in [3.8, 4) is 5.75 Å². The molecule has 1 unspecified atom stereocenters. The van der Waals surface area contributed by atoms with E-state index in [0.717, 1.165) is 22.5 Å². The lowest BCUT2D eigenvalue weighted by Crippen LogP contribution is -2.28. The Morgan fingerprint density at radius 1 is 1.34 bits per heavy atom. The van der Waals surface area contributed by atoms with Gasteiger partial charge in [-0.2, -0.15) is 0 Å². The third-order valence-electron chi connectivity index (χ3n) is 5.34. The highest BCUT2D eigenvalue weighted by Crippen LogP contribution is 2.28. The molecule has 4 rings (SSSR count). The molecule has 7 heteroatoms. The van der Waals surface area contributed by atoms with Crippen LogP contribution in [0.1, 0.15) is 29.8 Å². The summed E-state index contributed by atoms with van der Waals surface area (Å²) in [6.45, 7) is 2.35. The second-order valence-electron chi connectivity index (χ2n) is 7.13. The monoisotopic (exact) mass is 390 g/mol. The van der Waals surface area contributed by atoms with E-state index in [4.69, 9.17) is 0 Å². The second kappa shape index (κ2) is 7.35. The Kier molecular flexibility index (Phi) is 4.72. The van der Waals surface area contributed by atoms with E-state index in [9.17, 15) is 14.7 Å². The average Bonchev–Trinajstić information content (AvgIpc) is 3.15. The normalized spacial score (nSPS) is 14.3. The van der Waals surface area contributed by atoms with E-state index in [-0.39, 0.29) is 23.3 Å². The third kappa shape index (κ3) is 3.54. The predicted octanol–water partition coefficient (Wildman–Crippen LogP) is 3.08. The van der Waals surface area contributed by atoms with Crippen LogP contribution in [0.2, 0.25) is 0 Å². The van der Waals surface area contributed by atoms with Gasteiger partial charge in [0.05, 0.1) is 18.3 Å². The van der Waals surface area contributed by atoms with Crippen molar-refractivity contribution in [1.82, 2.24) is 19.8 Å². The quantitative estimate of drug-likeness (QED) is 0.597. The fraction of sp³-hybridized carbons (Fsp3) is 0.182. The molecule has 0 saturated carbocycles. The summed E-state index contributed by atoms with van der Waals surface area (Å²) < 4.78 is 0. The van der Waals surface area contributed by atoms with Gasteiger partial charge in [0, 0.05) is 54.3 Å². The van der Waals surface area contributed by atoms with Gasteiger partial charge in [0.25, 0.3) is 5.56 Å². The van der Waals surface area contributed by atoms with Crippen molar-refractivity contribution in [3.63, 3.8) is 0 Å². The number of aromatic amines is 2. The summed E-state index contributed by atoms with van der Waals surface area (Å²) in [6, 6.07) is 9.06. The zero-order chi connectivity index (χ0) is 20.5. The highest BCUT2D eigenvalue weighted by atomic mass is 16.3. The number of hydrogen-bond donors (Lipinski definition) is 3. The van der Waals surface area contributed by atoms with E-state index in [1.165, 1.54) is 6.08 Å². The molecule has 1 aromatic carbocycles. The Labute approximate surface area is 167 Å². The number of amides is 1. The Morgan fingerprint density at radius 3 is 2.97 bits per heavy atom. The van der Waals surface area contributed by atoms with Gasteiger partial charge >= 0.3 is 0 Å². The van der Waals surface area contributed by atoms with Gasteiger partial charge in [-0.25, -0.2) is 0 Å². The van der Waals surface area contributed by atoms with Gasteiger partial charge in [0.2, 0.25) is 5.91 Å². The van der Waals surface area contributed by atoms with Gasteiger partial charge in [-0.3, -0.25) is 9.59 Å². The summed E-state index contributed by atoms with van der Waals surface area (Å²) in [7, 11) is 1.77. The fourth-order valence-electron chi connectivity index (χ4n) is 3.53. The van der Waals surface area contributed by atoms with E-state index in [1.54, 1.807) is 35.3 Å². The van der Waals surface area contributed by atoms with E-state index < -0.39 is 0 Å². The lowest BCUT2D eigenvalue weighted by Gasteiger charge is -2.25. The summed E-state index contributed by atoms with van der Waals surface area (Å²) in [5.74, 6) is -0.185.